The number of hydrogen-bond donors (Lipinski definition) is 1. The number of carboxylic acids is 1. The molecular formula is C17H26N2O3. The van der Waals surface area contributed by atoms with E-state index in [0.717, 1.165) is 38.3 Å². The highest BCUT2D eigenvalue weighted by Gasteiger charge is 2.21. The monoisotopic (exact) mass is 306 g/mol. The fourth-order valence-corrected chi connectivity index (χ4v) is 2.92. The first-order valence-electron chi connectivity index (χ1n) is 7.82. The zero-order valence-corrected chi connectivity index (χ0v) is 13.7. The quantitative estimate of drug-likeness (QED) is 0.870. The molecule has 1 heterocycles. The van der Waals surface area contributed by atoms with Crippen molar-refractivity contribution < 1.29 is 14.6 Å². The Kier molecular flexibility index (Phi) is 5.94. The van der Waals surface area contributed by atoms with E-state index in [1.54, 1.807) is 12.1 Å². The van der Waals surface area contributed by atoms with Crippen LogP contribution in [0.2, 0.25) is 0 Å². The van der Waals surface area contributed by atoms with Gasteiger partial charge < -0.3 is 14.7 Å². The summed E-state index contributed by atoms with van der Waals surface area (Å²) in [6.45, 7) is 9.07. The number of carbonyl (C=O) groups is 1. The van der Waals surface area contributed by atoms with E-state index in [4.69, 9.17) is 9.84 Å². The fraction of sp³-hybridized carbons (Fsp3) is 0.588. The molecule has 0 bridgehead atoms. The van der Waals surface area contributed by atoms with Crippen molar-refractivity contribution in [1.29, 1.82) is 0 Å². The average Bonchev–Trinajstić information content (AvgIpc) is 2.45. The topological polar surface area (TPSA) is 53.0 Å². The number of carboxylic acid groups (broad SMARTS) is 1. The summed E-state index contributed by atoms with van der Waals surface area (Å²) in [5, 5.41) is 8.90. The summed E-state index contributed by atoms with van der Waals surface area (Å²) in [5.41, 5.74) is 1.47. The van der Waals surface area contributed by atoms with Crippen LogP contribution in [0.3, 0.4) is 0 Å². The minimum atomic E-state index is -0.879. The number of likely N-dealkylation sites (N-methyl/N-ethyl adjacent to an activating group) is 1. The van der Waals surface area contributed by atoms with E-state index in [-0.39, 0.29) is 0 Å². The van der Waals surface area contributed by atoms with E-state index in [1.807, 2.05) is 12.1 Å². The van der Waals surface area contributed by atoms with Crippen molar-refractivity contribution in [2.24, 2.45) is 0 Å². The second-order valence-corrected chi connectivity index (χ2v) is 6.26. The Balaban J connectivity index is 1.77. The lowest BCUT2D eigenvalue weighted by molar-refractivity contribution is -0.0691. The van der Waals surface area contributed by atoms with Crippen LogP contribution in [0, 0.1) is 0 Å². The molecule has 0 spiro atoms. The molecule has 0 radical (unpaired) electrons. The summed E-state index contributed by atoms with van der Waals surface area (Å²) in [6, 6.07) is 7.10. The fourth-order valence-electron chi connectivity index (χ4n) is 2.92. The van der Waals surface area contributed by atoms with Gasteiger partial charge in [-0.2, -0.15) is 0 Å². The molecule has 22 heavy (non-hydrogen) atoms. The Morgan fingerprint density at radius 3 is 2.41 bits per heavy atom. The molecule has 122 valence electrons. The van der Waals surface area contributed by atoms with Crippen molar-refractivity contribution in [1.82, 2.24) is 9.80 Å². The van der Waals surface area contributed by atoms with E-state index in [1.165, 1.54) is 0 Å². The van der Waals surface area contributed by atoms with Gasteiger partial charge in [0.05, 0.1) is 17.8 Å². The van der Waals surface area contributed by atoms with E-state index in [9.17, 15) is 4.79 Å². The average molecular weight is 306 g/mol. The van der Waals surface area contributed by atoms with Crippen LogP contribution in [0.15, 0.2) is 24.3 Å². The molecule has 1 aromatic carbocycles. The summed E-state index contributed by atoms with van der Waals surface area (Å²) in [4.78, 5) is 15.6. The van der Waals surface area contributed by atoms with Crippen molar-refractivity contribution >= 4 is 5.97 Å². The van der Waals surface area contributed by atoms with Gasteiger partial charge in [0.2, 0.25) is 0 Å². The zero-order chi connectivity index (χ0) is 16.1. The van der Waals surface area contributed by atoms with E-state index in [2.05, 4.69) is 30.7 Å². The lowest BCUT2D eigenvalue weighted by atomic mass is 10.1. The van der Waals surface area contributed by atoms with Crippen LogP contribution in [0.5, 0.6) is 0 Å². The van der Waals surface area contributed by atoms with Crippen LogP contribution >= 0.6 is 0 Å². The normalized spacial score (nSPS) is 22.9. The van der Waals surface area contributed by atoms with Crippen LogP contribution in [0.25, 0.3) is 0 Å². The van der Waals surface area contributed by atoms with Gasteiger partial charge in [0.25, 0.3) is 0 Å². The van der Waals surface area contributed by atoms with Gasteiger partial charge in [0, 0.05) is 32.7 Å². The van der Waals surface area contributed by atoms with Crippen LogP contribution in [0.1, 0.15) is 29.8 Å². The molecule has 0 aromatic heterocycles. The van der Waals surface area contributed by atoms with E-state index in [0.29, 0.717) is 17.8 Å². The molecule has 2 rings (SSSR count). The molecule has 1 aliphatic rings. The summed E-state index contributed by atoms with van der Waals surface area (Å²) < 4.78 is 5.75. The number of morpholine rings is 1. The maximum absolute atomic E-state index is 10.8. The third-order valence-corrected chi connectivity index (χ3v) is 3.95. The van der Waals surface area contributed by atoms with Gasteiger partial charge in [0.1, 0.15) is 0 Å². The highest BCUT2D eigenvalue weighted by Crippen LogP contribution is 2.11. The molecule has 1 aliphatic heterocycles. The van der Waals surface area contributed by atoms with E-state index >= 15 is 0 Å². The Labute approximate surface area is 132 Å². The highest BCUT2D eigenvalue weighted by atomic mass is 16.5. The number of rotatable bonds is 6. The molecule has 0 amide bonds. The molecule has 2 atom stereocenters. The van der Waals surface area contributed by atoms with Crippen LogP contribution in [-0.2, 0) is 11.3 Å². The molecule has 0 unspecified atom stereocenters. The van der Waals surface area contributed by atoms with Gasteiger partial charge in [-0.3, -0.25) is 4.90 Å². The maximum atomic E-state index is 10.8. The predicted molar refractivity (Wildman–Crippen MR) is 86.2 cm³/mol. The van der Waals surface area contributed by atoms with Crippen molar-refractivity contribution in [3.63, 3.8) is 0 Å². The van der Waals surface area contributed by atoms with Gasteiger partial charge in [-0.1, -0.05) is 12.1 Å². The number of hydrogen-bond acceptors (Lipinski definition) is 4. The largest absolute Gasteiger partial charge is 0.478 e. The van der Waals surface area contributed by atoms with Gasteiger partial charge >= 0.3 is 5.97 Å². The molecule has 1 N–H and O–H groups in total. The lowest BCUT2D eigenvalue weighted by Crippen LogP contribution is -2.47. The SMILES string of the molecule is C[C@@H]1CN(CCN(C)Cc2ccc(C(=O)O)cc2)C[C@H](C)O1. The molecule has 0 saturated carbocycles. The number of benzene rings is 1. The molecular weight excluding hydrogens is 280 g/mol. The minimum absolute atomic E-state index is 0.303. The van der Waals surface area contributed by atoms with Crippen LogP contribution in [0.4, 0.5) is 0 Å². The highest BCUT2D eigenvalue weighted by molar-refractivity contribution is 5.87. The number of nitrogens with zero attached hydrogens (tertiary/aromatic N) is 2. The molecule has 5 nitrogen and oxygen atoms in total. The maximum Gasteiger partial charge on any atom is 0.335 e. The summed E-state index contributed by atoms with van der Waals surface area (Å²) in [6.07, 6.45) is 0.607. The third kappa shape index (κ3) is 5.09. The summed E-state index contributed by atoms with van der Waals surface area (Å²) >= 11 is 0. The third-order valence-electron chi connectivity index (χ3n) is 3.95. The Morgan fingerprint density at radius 2 is 1.86 bits per heavy atom. The molecule has 1 fully saturated rings. The molecule has 5 heteroatoms. The predicted octanol–water partition coefficient (Wildman–Crippen LogP) is 1.93. The van der Waals surface area contributed by atoms with E-state index < -0.39 is 5.97 Å². The Bertz CT molecular complexity index is 479. The number of aromatic carboxylic acids is 1. The van der Waals surface area contributed by atoms with Crippen molar-refractivity contribution in [3.8, 4) is 0 Å². The van der Waals surface area contributed by atoms with Crippen LogP contribution < -0.4 is 0 Å². The van der Waals surface area contributed by atoms with Gasteiger partial charge in [-0.05, 0) is 38.6 Å². The lowest BCUT2D eigenvalue weighted by Gasteiger charge is -2.36. The summed E-state index contributed by atoms with van der Waals surface area (Å²) in [5.74, 6) is -0.879. The van der Waals surface area contributed by atoms with Gasteiger partial charge in [0.15, 0.2) is 0 Å². The molecule has 0 aliphatic carbocycles. The smallest absolute Gasteiger partial charge is 0.335 e. The second-order valence-electron chi connectivity index (χ2n) is 6.26. The van der Waals surface area contributed by atoms with Crippen molar-refractivity contribution in [3.05, 3.63) is 35.4 Å². The van der Waals surface area contributed by atoms with Crippen LogP contribution in [-0.4, -0.2) is 66.3 Å². The van der Waals surface area contributed by atoms with Gasteiger partial charge in [-0.25, -0.2) is 4.79 Å². The first-order chi connectivity index (χ1) is 10.4. The standard InChI is InChI=1S/C17H26N2O3/c1-13-10-19(11-14(2)22-13)9-8-18(3)12-15-4-6-16(7-5-15)17(20)21/h4-7,13-14H,8-12H2,1-3H3,(H,20,21)/t13-,14+. The van der Waals surface area contributed by atoms with Crippen molar-refractivity contribution in [2.45, 2.75) is 32.6 Å². The first-order valence-corrected chi connectivity index (χ1v) is 7.82. The van der Waals surface area contributed by atoms with Gasteiger partial charge in [-0.15, -0.1) is 0 Å². The zero-order valence-electron chi connectivity index (χ0n) is 13.7. The minimum Gasteiger partial charge on any atom is -0.478 e. The number of ether oxygens (including phenoxy) is 1. The molecule has 1 saturated heterocycles. The second kappa shape index (κ2) is 7.72. The Morgan fingerprint density at radius 1 is 1.27 bits per heavy atom. The Hall–Kier alpha value is -1.43. The first kappa shape index (κ1) is 16.9. The van der Waals surface area contributed by atoms with Crippen molar-refractivity contribution in [2.75, 3.05) is 33.2 Å². The molecule has 1 aromatic rings. The summed E-state index contributed by atoms with van der Waals surface area (Å²) in [7, 11) is 2.10.